The van der Waals surface area contributed by atoms with Crippen molar-refractivity contribution < 1.29 is 0 Å². The number of nitrogens with zero attached hydrogens (tertiary/aromatic N) is 2. The van der Waals surface area contributed by atoms with E-state index in [0.29, 0.717) is 12.0 Å². The summed E-state index contributed by atoms with van der Waals surface area (Å²) in [6, 6.07) is 9.05. The molecule has 1 atom stereocenters. The number of aryl methyl sites for hydroxylation is 2. The summed E-state index contributed by atoms with van der Waals surface area (Å²) in [6.07, 6.45) is 2.18. The maximum Gasteiger partial charge on any atom is 0.0703 e. The number of fused-ring (bicyclic) bond motifs is 1. The molecule has 0 saturated carbocycles. The summed E-state index contributed by atoms with van der Waals surface area (Å²) in [6.45, 7) is 7.77. The molecule has 0 fully saturated rings. The van der Waals surface area contributed by atoms with Gasteiger partial charge in [-0.15, -0.1) is 0 Å². The second-order valence-electron chi connectivity index (χ2n) is 5.53. The normalized spacial score (nSPS) is 13.3. The minimum absolute atomic E-state index is 0.575. The van der Waals surface area contributed by atoms with E-state index in [9.17, 15) is 0 Å². The van der Waals surface area contributed by atoms with E-state index in [1.54, 1.807) is 0 Å². The molecule has 2 aromatic rings. The zero-order valence-corrected chi connectivity index (χ0v) is 12.5. The van der Waals surface area contributed by atoms with Crippen LogP contribution >= 0.6 is 0 Å². The standard InChI is InChI=1S/C16H25N3/c1-5-17-14(12(2)3)10-11-15-13-8-6-7-9-16(13)19(4)18-15/h6-9,12,14,17H,5,10-11H2,1-4H3. The fourth-order valence-corrected chi connectivity index (χ4v) is 2.70. The fraction of sp³-hybridized carbons (Fsp3) is 0.562. The molecule has 0 saturated heterocycles. The number of para-hydroxylation sites is 1. The summed E-state index contributed by atoms with van der Waals surface area (Å²) >= 11 is 0. The third kappa shape index (κ3) is 3.16. The molecule has 19 heavy (non-hydrogen) atoms. The van der Waals surface area contributed by atoms with Crippen molar-refractivity contribution in [2.75, 3.05) is 6.54 Å². The average Bonchev–Trinajstić information content (AvgIpc) is 2.72. The van der Waals surface area contributed by atoms with E-state index in [4.69, 9.17) is 0 Å². The highest BCUT2D eigenvalue weighted by molar-refractivity contribution is 5.81. The largest absolute Gasteiger partial charge is 0.314 e. The molecule has 3 heteroatoms. The van der Waals surface area contributed by atoms with Crippen molar-refractivity contribution in [3.05, 3.63) is 30.0 Å². The number of hydrogen-bond donors (Lipinski definition) is 1. The van der Waals surface area contributed by atoms with Crippen LogP contribution in [0, 0.1) is 5.92 Å². The molecule has 0 radical (unpaired) electrons. The summed E-state index contributed by atoms with van der Waals surface area (Å²) in [7, 11) is 2.02. The molecule has 0 amide bonds. The van der Waals surface area contributed by atoms with Crippen LogP contribution < -0.4 is 5.32 Å². The Morgan fingerprint density at radius 1 is 1.26 bits per heavy atom. The van der Waals surface area contributed by atoms with Crippen LogP contribution in [0.2, 0.25) is 0 Å². The zero-order chi connectivity index (χ0) is 13.8. The van der Waals surface area contributed by atoms with Crippen LogP contribution in [-0.4, -0.2) is 22.4 Å². The lowest BCUT2D eigenvalue weighted by molar-refractivity contribution is 0.384. The van der Waals surface area contributed by atoms with Gasteiger partial charge >= 0.3 is 0 Å². The van der Waals surface area contributed by atoms with E-state index >= 15 is 0 Å². The van der Waals surface area contributed by atoms with E-state index in [2.05, 4.69) is 55.5 Å². The number of hydrogen-bond acceptors (Lipinski definition) is 2. The maximum absolute atomic E-state index is 4.67. The second kappa shape index (κ2) is 6.20. The van der Waals surface area contributed by atoms with Crippen molar-refractivity contribution in [3.8, 4) is 0 Å². The van der Waals surface area contributed by atoms with Crippen molar-refractivity contribution in [2.24, 2.45) is 13.0 Å². The highest BCUT2D eigenvalue weighted by Crippen LogP contribution is 2.20. The minimum atomic E-state index is 0.575. The Bertz CT molecular complexity index is 528. The van der Waals surface area contributed by atoms with E-state index in [1.165, 1.54) is 16.6 Å². The lowest BCUT2D eigenvalue weighted by Gasteiger charge is -2.21. The quantitative estimate of drug-likeness (QED) is 0.863. The molecule has 0 spiro atoms. The van der Waals surface area contributed by atoms with Crippen molar-refractivity contribution in [1.29, 1.82) is 0 Å². The van der Waals surface area contributed by atoms with Gasteiger partial charge in [-0.3, -0.25) is 4.68 Å². The van der Waals surface area contributed by atoms with Crippen LogP contribution in [0.4, 0.5) is 0 Å². The first kappa shape index (κ1) is 14.1. The number of aromatic nitrogens is 2. The predicted molar refractivity (Wildman–Crippen MR) is 81.3 cm³/mol. The van der Waals surface area contributed by atoms with Gasteiger partial charge in [-0.05, 0) is 31.4 Å². The number of benzene rings is 1. The SMILES string of the molecule is CCNC(CCc1nn(C)c2ccccc12)C(C)C. The molecule has 1 heterocycles. The van der Waals surface area contributed by atoms with Crippen molar-refractivity contribution in [3.63, 3.8) is 0 Å². The van der Waals surface area contributed by atoms with Crippen molar-refractivity contribution >= 4 is 10.9 Å². The van der Waals surface area contributed by atoms with Crippen molar-refractivity contribution in [1.82, 2.24) is 15.1 Å². The summed E-state index contributed by atoms with van der Waals surface area (Å²) in [5.41, 5.74) is 2.45. The van der Waals surface area contributed by atoms with Gasteiger partial charge < -0.3 is 5.32 Å². The molecule has 1 aromatic heterocycles. The number of nitrogens with one attached hydrogen (secondary N) is 1. The molecule has 104 valence electrons. The van der Waals surface area contributed by atoms with Gasteiger partial charge in [0.15, 0.2) is 0 Å². The lowest BCUT2D eigenvalue weighted by Crippen LogP contribution is -2.34. The van der Waals surface area contributed by atoms with Gasteiger partial charge in [-0.2, -0.15) is 5.10 Å². The fourth-order valence-electron chi connectivity index (χ4n) is 2.70. The van der Waals surface area contributed by atoms with Crippen LogP contribution in [0.1, 0.15) is 32.9 Å². The number of rotatable bonds is 6. The van der Waals surface area contributed by atoms with Gasteiger partial charge in [0.05, 0.1) is 11.2 Å². The Morgan fingerprint density at radius 3 is 2.68 bits per heavy atom. The molecule has 1 unspecified atom stereocenters. The van der Waals surface area contributed by atoms with Crippen LogP contribution in [0.25, 0.3) is 10.9 Å². The summed E-state index contributed by atoms with van der Waals surface area (Å²) in [4.78, 5) is 0. The third-order valence-corrected chi connectivity index (χ3v) is 3.80. The lowest BCUT2D eigenvalue weighted by atomic mass is 9.97. The van der Waals surface area contributed by atoms with E-state index in [0.717, 1.165) is 19.4 Å². The second-order valence-corrected chi connectivity index (χ2v) is 5.53. The molecule has 1 N–H and O–H groups in total. The molecule has 2 rings (SSSR count). The smallest absolute Gasteiger partial charge is 0.0703 e. The van der Waals surface area contributed by atoms with Gasteiger partial charge in [0.25, 0.3) is 0 Å². The van der Waals surface area contributed by atoms with Crippen molar-refractivity contribution in [2.45, 2.75) is 39.7 Å². The van der Waals surface area contributed by atoms with Gasteiger partial charge in [-0.25, -0.2) is 0 Å². The first-order valence-electron chi connectivity index (χ1n) is 7.27. The molecule has 0 aliphatic rings. The van der Waals surface area contributed by atoms with Crippen LogP contribution in [0.3, 0.4) is 0 Å². The minimum Gasteiger partial charge on any atom is -0.314 e. The van der Waals surface area contributed by atoms with E-state index in [-0.39, 0.29) is 0 Å². The van der Waals surface area contributed by atoms with Gasteiger partial charge in [0.2, 0.25) is 0 Å². The average molecular weight is 259 g/mol. The van der Waals surface area contributed by atoms with E-state index in [1.807, 2.05) is 11.7 Å². The molecule has 0 bridgehead atoms. The molecule has 0 aliphatic heterocycles. The Kier molecular flexibility index (Phi) is 4.59. The van der Waals surface area contributed by atoms with Crippen LogP contribution in [0.5, 0.6) is 0 Å². The van der Waals surface area contributed by atoms with Crippen LogP contribution in [-0.2, 0) is 13.5 Å². The molecular formula is C16H25N3. The molecular weight excluding hydrogens is 234 g/mol. The Labute approximate surface area is 116 Å². The summed E-state index contributed by atoms with van der Waals surface area (Å²) in [5, 5.41) is 9.54. The molecule has 0 aliphatic carbocycles. The third-order valence-electron chi connectivity index (χ3n) is 3.80. The Hall–Kier alpha value is -1.35. The van der Waals surface area contributed by atoms with Gasteiger partial charge in [0.1, 0.15) is 0 Å². The Morgan fingerprint density at radius 2 is 2.00 bits per heavy atom. The molecule has 1 aromatic carbocycles. The topological polar surface area (TPSA) is 29.9 Å². The first-order chi connectivity index (χ1) is 9.13. The van der Waals surface area contributed by atoms with Crippen LogP contribution in [0.15, 0.2) is 24.3 Å². The highest BCUT2D eigenvalue weighted by Gasteiger charge is 2.14. The van der Waals surface area contributed by atoms with E-state index < -0.39 is 0 Å². The molecule has 3 nitrogen and oxygen atoms in total. The monoisotopic (exact) mass is 259 g/mol. The maximum atomic E-state index is 4.67. The first-order valence-corrected chi connectivity index (χ1v) is 7.27. The predicted octanol–water partition coefficient (Wildman–Crippen LogP) is 3.14. The summed E-state index contributed by atoms with van der Waals surface area (Å²) in [5.74, 6) is 0.662. The zero-order valence-electron chi connectivity index (χ0n) is 12.5. The van der Waals surface area contributed by atoms with Gasteiger partial charge in [0, 0.05) is 18.5 Å². The highest BCUT2D eigenvalue weighted by atomic mass is 15.3. The van der Waals surface area contributed by atoms with Gasteiger partial charge in [-0.1, -0.05) is 39.0 Å². The summed E-state index contributed by atoms with van der Waals surface area (Å²) < 4.78 is 1.99. The Balaban J connectivity index is 2.13.